The largest absolute Gasteiger partial charge is 0.323 e. The van der Waals surface area contributed by atoms with Gasteiger partial charge in [-0.05, 0) is 40.6 Å². The first-order chi connectivity index (χ1) is 8.38. The molecule has 1 aromatic rings. The Morgan fingerprint density at radius 1 is 1.00 bits per heavy atom. The number of benzene rings is 1. The van der Waals surface area contributed by atoms with Crippen LogP contribution in [-0.4, -0.2) is 50.6 Å². The van der Waals surface area contributed by atoms with Crippen LogP contribution >= 0.6 is 0 Å². The van der Waals surface area contributed by atoms with E-state index in [4.69, 9.17) is 5.73 Å². The zero-order valence-electron chi connectivity index (χ0n) is 12.4. The molecule has 0 aliphatic rings. The van der Waals surface area contributed by atoms with Gasteiger partial charge < -0.3 is 15.5 Å². The van der Waals surface area contributed by atoms with Gasteiger partial charge in [-0.1, -0.05) is 29.3 Å². The topological polar surface area (TPSA) is 32.5 Å². The lowest BCUT2D eigenvalue weighted by molar-refractivity contribution is 0.269. The van der Waals surface area contributed by atoms with Crippen LogP contribution in [-0.2, 0) is 0 Å². The molecule has 1 rings (SSSR count). The lowest BCUT2D eigenvalue weighted by Gasteiger charge is -2.23. The molecule has 18 heavy (non-hydrogen) atoms. The summed E-state index contributed by atoms with van der Waals surface area (Å²) in [6, 6.07) is 6.66. The predicted molar refractivity (Wildman–Crippen MR) is 78.9 cm³/mol. The summed E-state index contributed by atoms with van der Waals surface area (Å²) in [5.74, 6) is 0. The highest BCUT2D eigenvalue weighted by Gasteiger charge is 2.10. The van der Waals surface area contributed by atoms with Crippen LogP contribution < -0.4 is 5.73 Å². The van der Waals surface area contributed by atoms with Crippen molar-refractivity contribution in [2.45, 2.75) is 19.9 Å². The number of nitrogens with zero attached hydrogens (tertiary/aromatic N) is 2. The smallest absolute Gasteiger partial charge is 0.0424 e. The molecule has 0 aliphatic carbocycles. The van der Waals surface area contributed by atoms with Crippen LogP contribution in [0.25, 0.3) is 0 Å². The third-order valence-electron chi connectivity index (χ3n) is 3.11. The summed E-state index contributed by atoms with van der Waals surface area (Å²) in [4.78, 5) is 4.49. The molecule has 0 saturated carbocycles. The van der Waals surface area contributed by atoms with E-state index >= 15 is 0 Å². The zero-order valence-corrected chi connectivity index (χ0v) is 12.4. The van der Waals surface area contributed by atoms with E-state index in [2.05, 4.69) is 63.0 Å². The van der Waals surface area contributed by atoms with Crippen molar-refractivity contribution in [2.24, 2.45) is 5.73 Å². The summed E-state index contributed by atoms with van der Waals surface area (Å²) in [5.41, 5.74) is 10.1. The molecule has 102 valence electrons. The monoisotopic (exact) mass is 249 g/mol. The third-order valence-corrected chi connectivity index (χ3v) is 3.11. The van der Waals surface area contributed by atoms with E-state index in [0.29, 0.717) is 0 Å². The Labute approximate surface area is 112 Å². The van der Waals surface area contributed by atoms with Gasteiger partial charge in [0.05, 0.1) is 0 Å². The Kier molecular flexibility index (Phi) is 5.79. The highest BCUT2D eigenvalue weighted by molar-refractivity contribution is 5.30. The molecule has 0 bridgehead atoms. The molecule has 0 heterocycles. The lowest BCUT2D eigenvalue weighted by Crippen LogP contribution is -2.34. The molecule has 0 aliphatic heterocycles. The first kappa shape index (κ1) is 15.2. The second kappa shape index (κ2) is 6.88. The number of likely N-dealkylation sites (N-methyl/N-ethyl adjacent to an activating group) is 2. The summed E-state index contributed by atoms with van der Waals surface area (Å²) >= 11 is 0. The number of hydrogen-bond acceptors (Lipinski definition) is 3. The maximum Gasteiger partial charge on any atom is 0.0424 e. The number of nitrogens with two attached hydrogens (primary N) is 1. The molecule has 1 atom stereocenters. The van der Waals surface area contributed by atoms with Gasteiger partial charge in [0.15, 0.2) is 0 Å². The van der Waals surface area contributed by atoms with E-state index in [9.17, 15) is 0 Å². The molecule has 0 saturated heterocycles. The molecule has 0 aromatic heterocycles. The van der Waals surface area contributed by atoms with Crippen LogP contribution in [0.2, 0.25) is 0 Å². The first-order valence-electron chi connectivity index (χ1n) is 6.55. The van der Waals surface area contributed by atoms with Gasteiger partial charge in [0, 0.05) is 25.7 Å². The molecule has 0 amide bonds. The van der Waals surface area contributed by atoms with E-state index in [1.807, 2.05) is 0 Å². The van der Waals surface area contributed by atoms with Crippen molar-refractivity contribution >= 4 is 0 Å². The second-order valence-corrected chi connectivity index (χ2v) is 5.59. The van der Waals surface area contributed by atoms with Crippen molar-refractivity contribution < 1.29 is 0 Å². The molecule has 2 N–H and O–H groups in total. The predicted octanol–water partition coefficient (Wildman–Crippen LogP) is 1.80. The molecule has 0 fully saturated rings. The first-order valence-corrected chi connectivity index (χ1v) is 6.55. The van der Waals surface area contributed by atoms with Gasteiger partial charge in [0.2, 0.25) is 0 Å². The fraction of sp³-hybridized carbons (Fsp3) is 0.600. The van der Waals surface area contributed by atoms with Crippen molar-refractivity contribution in [2.75, 3.05) is 40.8 Å². The van der Waals surface area contributed by atoms with Crippen LogP contribution in [0.15, 0.2) is 18.2 Å². The van der Waals surface area contributed by atoms with Crippen molar-refractivity contribution in [3.63, 3.8) is 0 Å². The third kappa shape index (κ3) is 5.17. The van der Waals surface area contributed by atoms with Crippen molar-refractivity contribution in [1.82, 2.24) is 9.80 Å². The molecule has 0 spiro atoms. The van der Waals surface area contributed by atoms with Crippen LogP contribution in [0.3, 0.4) is 0 Å². The maximum atomic E-state index is 6.28. The summed E-state index contributed by atoms with van der Waals surface area (Å²) in [7, 11) is 6.32. The van der Waals surface area contributed by atoms with Crippen LogP contribution in [0.4, 0.5) is 0 Å². The molecule has 0 radical (unpaired) electrons. The Hall–Kier alpha value is -0.900. The average Bonchev–Trinajstić information content (AvgIpc) is 2.25. The minimum Gasteiger partial charge on any atom is -0.323 e. The van der Waals surface area contributed by atoms with Crippen LogP contribution in [0, 0.1) is 13.8 Å². The summed E-state index contributed by atoms with van der Waals surface area (Å²) in [5, 5.41) is 0. The quantitative estimate of drug-likeness (QED) is 0.834. The van der Waals surface area contributed by atoms with Gasteiger partial charge in [0.1, 0.15) is 0 Å². The fourth-order valence-electron chi connectivity index (χ4n) is 2.13. The van der Waals surface area contributed by atoms with Gasteiger partial charge in [0.25, 0.3) is 0 Å². The highest BCUT2D eigenvalue weighted by atomic mass is 15.2. The van der Waals surface area contributed by atoms with Crippen LogP contribution in [0.5, 0.6) is 0 Å². The van der Waals surface area contributed by atoms with Crippen molar-refractivity contribution in [3.8, 4) is 0 Å². The van der Waals surface area contributed by atoms with E-state index in [1.165, 1.54) is 16.7 Å². The van der Waals surface area contributed by atoms with Crippen LogP contribution in [0.1, 0.15) is 22.7 Å². The van der Waals surface area contributed by atoms with E-state index in [-0.39, 0.29) is 6.04 Å². The molecule has 1 unspecified atom stereocenters. The Bertz CT molecular complexity index is 354. The SMILES string of the molecule is Cc1cc(C)cc(C(N)CN(C)CCN(C)C)c1. The lowest BCUT2D eigenvalue weighted by atomic mass is 10.0. The number of aryl methyl sites for hydroxylation is 2. The van der Waals surface area contributed by atoms with Gasteiger partial charge in [-0.15, -0.1) is 0 Å². The second-order valence-electron chi connectivity index (χ2n) is 5.59. The normalized spacial score (nSPS) is 13.3. The standard InChI is InChI=1S/C15H27N3/c1-12-8-13(2)10-14(9-12)15(16)11-18(5)7-6-17(3)4/h8-10,15H,6-7,11,16H2,1-5H3. The van der Waals surface area contributed by atoms with Gasteiger partial charge >= 0.3 is 0 Å². The maximum absolute atomic E-state index is 6.28. The average molecular weight is 249 g/mol. The number of rotatable bonds is 6. The highest BCUT2D eigenvalue weighted by Crippen LogP contribution is 2.15. The van der Waals surface area contributed by atoms with Gasteiger partial charge in [-0.25, -0.2) is 0 Å². The zero-order chi connectivity index (χ0) is 13.7. The van der Waals surface area contributed by atoms with E-state index in [1.54, 1.807) is 0 Å². The van der Waals surface area contributed by atoms with E-state index in [0.717, 1.165) is 19.6 Å². The summed E-state index contributed by atoms with van der Waals surface area (Å²) in [6.45, 7) is 7.26. The Morgan fingerprint density at radius 3 is 2.06 bits per heavy atom. The Morgan fingerprint density at radius 2 is 1.56 bits per heavy atom. The Balaban J connectivity index is 2.56. The minimum absolute atomic E-state index is 0.0933. The fourth-order valence-corrected chi connectivity index (χ4v) is 2.13. The van der Waals surface area contributed by atoms with Gasteiger partial charge in [-0.3, -0.25) is 0 Å². The molecular weight excluding hydrogens is 222 g/mol. The number of hydrogen-bond donors (Lipinski definition) is 1. The minimum atomic E-state index is 0.0933. The van der Waals surface area contributed by atoms with E-state index < -0.39 is 0 Å². The molecular formula is C15H27N3. The molecule has 1 aromatic carbocycles. The van der Waals surface area contributed by atoms with Crippen molar-refractivity contribution in [1.29, 1.82) is 0 Å². The molecule has 3 nitrogen and oxygen atoms in total. The van der Waals surface area contributed by atoms with Crippen molar-refractivity contribution in [3.05, 3.63) is 34.9 Å². The summed E-state index contributed by atoms with van der Waals surface area (Å²) < 4.78 is 0. The summed E-state index contributed by atoms with van der Waals surface area (Å²) in [6.07, 6.45) is 0. The van der Waals surface area contributed by atoms with Gasteiger partial charge in [-0.2, -0.15) is 0 Å². The molecule has 3 heteroatoms.